The first-order valence-electron chi connectivity index (χ1n) is 11.9. The van der Waals surface area contributed by atoms with Crippen LogP contribution < -0.4 is 10.6 Å². The fraction of sp³-hybridized carbons (Fsp3) is 0.565. The molecule has 0 unspecified atom stereocenters. The summed E-state index contributed by atoms with van der Waals surface area (Å²) in [4.78, 5) is 16.3. The first kappa shape index (κ1) is 23.1. The highest BCUT2D eigenvalue weighted by atomic mass is 19.3. The lowest BCUT2D eigenvalue weighted by molar-refractivity contribution is -0.0532. The molecule has 7 rings (SSSR count). The standard InChI is InChI=1S/C23H26F3N7O3/c1-35-10-12-4-16-21(27-15(20(25)26)9-33(16)32-12)28-18-5-14(30-31-18)13-2-3-17(19(13)24)36-22(34)29-23-6-11(7-23)8-23/h4-5,9,11,13,17,19-20H,2-3,6-8,10H2,1H3,(H,29,34)(H2,27,28,30,31)/t11?,13-,17-,19+,23?/m1/s1. The van der Waals surface area contributed by atoms with Crippen LogP contribution in [0.2, 0.25) is 0 Å². The molecule has 36 heavy (non-hydrogen) atoms. The van der Waals surface area contributed by atoms with Gasteiger partial charge in [0.25, 0.3) is 6.43 Å². The number of amides is 1. The number of methoxy groups -OCH3 is 1. The molecule has 4 saturated carbocycles. The van der Waals surface area contributed by atoms with Crippen LogP contribution in [-0.2, 0) is 16.1 Å². The molecule has 3 aromatic rings. The van der Waals surface area contributed by atoms with Crippen molar-refractivity contribution in [2.24, 2.45) is 5.92 Å². The highest BCUT2D eigenvalue weighted by Crippen LogP contribution is 2.57. The van der Waals surface area contributed by atoms with Crippen LogP contribution in [0.5, 0.6) is 0 Å². The van der Waals surface area contributed by atoms with E-state index >= 15 is 4.39 Å². The van der Waals surface area contributed by atoms with Crippen molar-refractivity contribution in [2.45, 2.75) is 68.9 Å². The monoisotopic (exact) mass is 505 g/mol. The largest absolute Gasteiger partial charge is 0.443 e. The second-order valence-corrected chi connectivity index (χ2v) is 10.0. The van der Waals surface area contributed by atoms with Gasteiger partial charge < -0.3 is 20.1 Å². The molecule has 4 fully saturated rings. The van der Waals surface area contributed by atoms with Crippen molar-refractivity contribution in [3.05, 3.63) is 35.4 Å². The number of aromatic amines is 1. The van der Waals surface area contributed by atoms with Crippen LogP contribution in [0.3, 0.4) is 0 Å². The Bertz CT molecular complexity index is 1280. The molecule has 3 aromatic heterocycles. The van der Waals surface area contributed by atoms with Crippen LogP contribution in [0.1, 0.15) is 61.5 Å². The fourth-order valence-electron chi connectivity index (χ4n) is 5.58. The van der Waals surface area contributed by atoms with E-state index in [1.165, 1.54) is 11.6 Å². The highest BCUT2D eigenvalue weighted by Gasteiger charge is 2.58. The molecule has 4 aliphatic carbocycles. The average Bonchev–Trinajstić information content (AvgIpc) is 3.49. The number of nitrogens with one attached hydrogen (secondary N) is 3. The Labute approximate surface area is 203 Å². The van der Waals surface area contributed by atoms with Gasteiger partial charge in [-0.2, -0.15) is 10.2 Å². The van der Waals surface area contributed by atoms with Gasteiger partial charge in [-0.3, -0.25) is 5.10 Å². The Balaban J connectivity index is 1.15. The van der Waals surface area contributed by atoms with E-state index in [-0.39, 0.29) is 18.0 Å². The van der Waals surface area contributed by atoms with Gasteiger partial charge in [-0.15, -0.1) is 0 Å². The molecular formula is C23H26F3N7O3. The summed E-state index contributed by atoms with van der Waals surface area (Å²) in [6.45, 7) is 0.208. The maximum Gasteiger partial charge on any atom is 0.407 e. The van der Waals surface area contributed by atoms with Crippen LogP contribution in [0.4, 0.5) is 29.6 Å². The number of halogens is 3. The summed E-state index contributed by atoms with van der Waals surface area (Å²) in [6, 6.07) is 3.29. The fourth-order valence-corrected chi connectivity index (χ4v) is 5.58. The van der Waals surface area contributed by atoms with Gasteiger partial charge in [0.15, 0.2) is 11.6 Å². The summed E-state index contributed by atoms with van der Waals surface area (Å²) in [5.74, 6) is 0.599. The lowest BCUT2D eigenvalue weighted by atomic mass is 9.50. The van der Waals surface area contributed by atoms with Crippen LogP contribution >= 0.6 is 0 Å². The van der Waals surface area contributed by atoms with Gasteiger partial charge in [0.05, 0.1) is 18.5 Å². The van der Waals surface area contributed by atoms with Gasteiger partial charge in [0.2, 0.25) is 0 Å². The molecule has 192 valence electrons. The van der Waals surface area contributed by atoms with Crippen LogP contribution in [0.15, 0.2) is 18.3 Å². The molecule has 0 radical (unpaired) electrons. The number of rotatable bonds is 8. The summed E-state index contributed by atoms with van der Waals surface area (Å²) < 4.78 is 53.8. The molecule has 0 spiro atoms. The summed E-state index contributed by atoms with van der Waals surface area (Å²) in [6.07, 6.45) is -0.616. The predicted octanol–water partition coefficient (Wildman–Crippen LogP) is 4.14. The van der Waals surface area contributed by atoms with Crippen molar-refractivity contribution in [3.8, 4) is 0 Å². The van der Waals surface area contributed by atoms with Crippen LogP contribution in [0, 0.1) is 5.92 Å². The number of H-pyrrole nitrogens is 1. The van der Waals surface area contributed by atoms with E-state index in [0.717, 1.165) is 25.5 Å². The molecule has 3 atom stereocenters. The normalized spacial score (nSPS) is 28.7. The van der Waals surface area contributed by atoms with Gasteiger partial charge in [-0.25, -0.2) is 27.5 Å². The molecule has 13 heteroatoms. The smallest absolute Gasteiger partial charge is 0.407 e. The molecule has 3 N–H and O–H groups in total. The van der Waals surface area contributed by atoms with Crippen molar-refractivity contribution >= 4 is 23.2 Å². The topological polar surface area (TPSA) is 118 Å². The Morgan fingerprint density at radius 1 is 1.31 bits per heavy atom. The van der Waals surface area contributed by atoms with Crippen LogP contribution in [-0.4, -0.2) is 55.8 Å². The van der Waals surface area contributed by atoms with Gasteiger partial charge in [0, 0.05) is 30.3 Å². The highest BCUT2D eigenvalue weighted by molar-refractivity contribution is 5.73. The summed E-state index contributed by atoms with van der Waals surface area (Å²) in [5, 5.41) is 17.1. The second-order valence-electron chi connectivity index (χ2n) is 10.0. The molecule has 0 aliphatic heterocycles. The minimum atomic E-state index is -2.80. The molecule has 1 amide bonds. The first-order valence-corrected chi connectivity index (χ1v) is 11.9. The van der Waals surface area contributed by atoms with Gasteiger partial charge >= 0.3 is 6.09 Å². The summed E-state index contributed by atoms with van der Waals surface area (Å²) in [5.41, 5.74) is 0.946. The quantitative estimate of drug-likeness (QED) is 0.421. The average molecular weight is 506 g/mol. The minimum absolute atomic E-state index is 0.129. The number of hydrogen-bond acceptors (Lipinski definition) is 7. The first-order chi connectivity index (χ1) is 17.3. The Morgan fingerprint density at radius 3 is 2.81 bits per heavy atom. The number of hydrogen-bond donors (Lipinski definition) is 3. The van der Waals surface area contributed by atoms with Gasteiger partial charge in [-0.1, -0.05) is 0 Å². The van der Waals surface area contributed by atoms with E-state index in [9.17, 15) is 13.6 Å². The second kappa shape index (κ2) is 8.64. The number of nitrogens with zero attached hydrogens (tertiary/aromatic N) is 4. The zero-order chi connectivity index (χ0) is 25.0. The van der Waals surface area contributed by atoms with E-state index < -0.39 is 36.4 Å². The Morgan fingerprint density at radius 2 is 2.11 bits per heavy atom. The maximum absolute atomic E-state index is 15.2. The zero-order valence-electron chi connectivity index (χ0n) is 19.5. The molecular weight excluding hydrogens is 479 g/mol. The predicted molar refractivity (Wildman–Crippen MR) is 121 cm³/mol. The molecule has 3 heterocycles. The number of anilines is 2. The number of ether oxygens (including phenoxy) is 2. The third-order valence-corrected chi connectivity index (χ3v) is 7.45. The lowest BCUT2D eigenvalue weighted by Gasteiger charge is -2.61. The minimum Gasteiger partial charge on any atom is -0.443 e. The number of alkyl halides is 3. The van der Waals surface area contributed by atoms with E-state index in [0.29, 0.717) is 41.5 Å². The molecule has 0 saturated heterocycles. The van der Waals surface area contributed by atoms with E-state index in [1.807, 2.05) is 0 Å². The summed E-state index contributed by atoms with van der Waals surface area (Å²) >= 11 is 0. The van der Waals surface area contributed by atoms with Crippen LogP contribution in [0.25, 0.3) is 5.52 Å². The lowest BCUT2D eigenvalue weighted by Crippen LogP contribution is -2.68. The van der Waals surface area contributed by atoms with E-state index in [4.69, 9.17) is 9.47 Å². The summed E-state index contributed by atoms with van der Waals surface area (Å²) in [7, 11) is 1.51. The molecule has 4 aliphatic rings. The van der Waals surface area contributed by atoms with Gasteiger partial charge in [0.1, 0.15) is 23.5 Å². The number of carbonyl (C=O) groups is 1. The third kappa shape index (κ3) is 4.04. The molecule has 0 aromatic carbocycles. The van der Waals surface area contributed by atoms with E-state index in [1.54, 1.807) is 12.1 Å². The van der Waals surface area contributed by atoms with Crippen molar-refractivity contribution in [1.29, 1.82) is 0 Å². The maximum atomic E-state index is 15.2. The molecule has 2 bridgehead atoms. The van der Waals surface area contributed by atoms with Crippen molar-refractivity contribution in [2.75, 3.05) is 12.4 Å². The van der Waals surface area contributed by atoms with E-state index in [2.05, 4.69) is 30.9 Å². The molecule has 10 nitrogen and oxygen atoms in total. The van der Waals surface area contributed by atoms with Crippen molar-refractivity contribution in [1.82, 2.24) is 30.1 Å². The SMILES string of the molecule is COCc1cc2c(Nc3cc([C@H]4CC[C@@H](OC(=O)NC56CC(C5)C6)[C@H]4F)[nH]n3)nc(C(F)F)cn2n1. The number of aromatic nitrogens is 5. The van der Waals surface area contributed by atoms with Crippen molar-refractivity contribution < 1.29 is 27.4 Å². The van der Waals surface area contributed by atoms with Gasteiger partial charge in [-0.05, 0) is 44.1 Å². The third-order valence-electron chi connectivity index (χ3n) is 7.45. The number of carbonyl (C=O) groups excluding carboxylic acids is 1. The Hall–Kier alpha value is -3.35. The zero-order valence-corrected chi connectivity index (χ0v) is 19.5. The number of fused-ring (bicyclic) bond motifs is 1. The number of alkyl carbamates (subject to hydrolysis) is 1. The Kier molecular flexibility index (Phi) is 5.54. The van der Waals surface area contributed by atoms with Crippen molar-refractivity contribution in [3.63, 3.8) is 0 Å².